The van der Waals surface area contributed by atoms with Crippen molar-refractivity contribution in [3.63, 3.8) is 0 Å². The second-order valence-electron chi connectivity index (χ2n) is 9.02. The van der Waals surface area contributed by atoms with Gasteiger partial charge in [-0.25, -0.2) is 9.78 Å². The minimum atomic E-state index is -1.73. The molecule has 12 nitrogen and oxygen atoms in total. The van der Waals surface area contributed by atoms with Crippen LogP contribution in [-0.4, -0.2) is 25.4 Å². The monoisotopic (exact) mass is 514 g/mol. The van der Waals surface area contributed by atoms with E-state index in [2.05, 4.69) is 4.98 Å². The average Bonchev–Trinajstić information content (AvgIpc) is 3.26. The maximum atomic E-state index is 13.6. The number of esters is 1. The van der Waals surface area contributed by atoms with Gasteiger partial charge in [0.25, 0.3) is 16.9 Å². The van der Waals surface area contributed by atoms with Crippen LogP contribution in [0.25, 0.3) is 22.3 Å². The first-order valence-electron chi connectivity index (χ1n) is 11.7. The van der Waals surface area contributed by atoms with E-state index in [9.17, 15) is 29.8 Å². The van der Waals surface area contributed by atoms with E-state index in [1.165, 1.54) is 34.9 Å². The molecular formula is C26H18N4O8. The Morgan fingerprint density at radius 2 is 1.87 bits per heavy atom. The smallest absolute Gasteiger partial charge is 0.355 e. The van der Waals surface area contributed by atoms with Crippen molar-refractivity contribution >= 4 is 28.2 Å². The molecule has 0 aliphatic carbocycles. The van der Waals surface area contributed by atoms with Crippen molar-refractivity contribution in [2.24, 2.45) is 0 Å². The fourth-order valence-corrected chi connectivity index (χ4v) is 5.17. The quantitative estimate of drug-likeness (QED) is 0.192. The first-order valence-corrected chi connectivity index (χ1v) is 11.7. The Kier molecular flexibility index (Phi) is 5.02. The van der Waals surface area contributed by atoms with Gasteiger partial charge in [-0.1, -0.05) is 19.1 Å². The molecule has 1 atom stereocenters. The SMILES string of the molecule is CC[C@@]1(Oc2cccc([N+](=O)[O-])c2)C(=O)OCc2c1cc1n(c2=O)Cc2cc3c([N+](=O)[O-])cccc3nc2-1. The Balaban J connectivity index is 1.55. The number of ether oxygens (including phenoxy) is 2. The molecule has 2 aliphatic heterocycles. The minimum absolute atomic E-state index is 0.0725. The van der Waals surface area contributed by atoms with E-state index < -0.39 is 27.0 Å². The van der Waals surface area contributed by atoms with Crippen molar-refractivity contribution in [3.8, 4) is 17.1 Å². The Hall–Kier alpha value is -5.13. The van der Waals surface area contributed by atoms with Crippen LogP contribution in [0.1, 0.15) is 30.0 Å². The van der Waals surface area contributed by atoms with Crippen molar-refractivity contribution < 1.29 is 24.1 Å². The highest BCUT2D eigenvalue weighted by molar-refractivity contribution is 5.91. The van der Waals surface area contributed by atoms with Crippen molar-refractivity contribution in [1.29, 1.82) is 0 Å². The summed E-state index contributed by atoms with van der Waals surface area (Å²) >= 11 is 0. The molecule has 38 heavy (non-hydrogen) atoms. The normalized spacial score (nSPS) is 17.3. The van der Waals surface area contributed by atoms with Crippen LogP contribution in [-0.2, 0) is 28.3 Å². The van der Waals surface area contributed by atoms with E-state index >= 15 is 0 Å². The lowest BCUT2D eigenvalue weighted by Crippen LogP contribution is -2.48. The third kappa shape index (κ3) is 3.26. The number of carbonyl (C=O) groups excluding carboxylic acids is 1. The number of aromatic nitrogens is 2. The third-order valence-electron chi connectivity index (χ3n) is 7.01. The number of rotatable bonds is 5. The van der Waals surface area contributed by atoms with E-state index in [1.54, 1.807) is 31.2 Å². The maximum Gasteiger partial charge on any atom is 0.355 e. The zero-order chi connectivity index (χ0) is 26.8. The highest BCUT2D eigenvalue weighted by Gasteiger charge is 2.49. The van der Waals surface area contributed by atoms with Crippen LogP contribution in [0.3, 0.4) is 0 Å². The predicted octanol–water partition coefficient (Wildman–Crippen LogP) is 3.98. The number of nitrogens with zero attached hydrogens (tertiary/aromatic N) is 4. The Morgan fingerprint density at radius 3 is 2.61 bits per heavy atom. The zero-order valence-electron chi connectivity index (χ0n) is 19.9. The topological polar surface area (TPSA) is 157 Å². The van der Waals surface area contributed by atoms with Crippen LogP contribution in [0.15, 0.2) is 59.4 Å². The lowest BCUT2D eigenvalue weighted by molar-refractivity contribution is -0.385. The van der Waals surface area contributed by atoms with Crippen LogP contribution in [0.4, 0.5) is 11.4 Å². The Labute approximate surface area is 213 Å². The van der Waals surface area contributed by atoms with Gasteiger partial charge in [0.2, 0.25) is 5.60 Å². The van der Waals surface area contributed by atoms with Crippen LogP contribution in [0.5, 0.6) is 5.75 Å². The fourth-order valence-electron chi connectivity index (χ4n) is 5.17. The molecule has 4 heterocycles. The van der Waals surface area contributed by atoms with E-state index in [0.717, 1.165) is 0 Å². The van der Waals surface area contributed by atoms with Crippen LogP contribution in [0.2, 0.25) is 0 Å². The Bertz CT molecular complexity index is 1780. The van der Waals surface area contributed by atoms with E-state index in [0.29, 0.717) is 33.4 Å². The highest BCUT2D eigenvalue weighted by atomic mass is 16.6. The first kappa shape index (κ1) is 23.3. The molecule has 2 aliphatic rings. The minimum Gasteiger partial charge on any atom is -0.470 e. The summed E-state index contributed by atoms with van der Waals surface area (Å²) in [5.41, 5.74) is 0.0192. The van der Waals surface area contributed by atoms with Gasteiger partial charge < -0.3 is 14.0 Å². The number of pyridine rings is 2. The van der Waals surface area contributed by atoms with Crippen molar-refractivity contribution in [2.45, 2.75) is 32.1 Å². The van der Waals surface area contributed by atoms with Gasteiger partial charge in [0.05, 0.1) is 50.3 Å². The molecule has 0 spiro atoms. The lowest BCUT2D eigenvalue weighted by Gasteiger charge is -2.36. The summed E-state index contributed by atoms with van der Waals surface area (Å²) in [7, 11) is 0. The lowest BCUT2D eigenvalue weighted by atomic mass is 9.85. The number of fused-ring (bicyclic) bond motifs is 5. The molecule has 6 rings (SSSR count). The molecule has 0 saturated carbocycles. The predicted molar refractivity (Wildman–Crippen MR) is 133 cm³/mol. The number of carbonyl (C=O) groups is 1. The first-order chi connectivity index (χ1) is 18.2. The number of nitro groups is 2. The molecule has 0 saturated heterocycles. The van der Waals surface area contributed by atoms with Gasteiger partial charge >= 0.3 is 5.97 Å². The van der Waals surface area contributed by atoms with Crippen LogP contribution < -0.4 is 10.3 Å². The molecule has 0 amide bonds. The molecular weight excluding hydrogens is 496 g/mol. The number of hydrogen-bond donors (Lipinski definition) is 0. The molecule has 4 aromatic rings. The second kappa shape index (κ2) is 8.20. The molecule has 0 fully saturated rings. The standard InChI is InChI=1S/C26H18N4O8/c1-2-26(38-16-6-3-5-15(10-16)29(33)34)19-11-22-23-14(12-28(22)24(31)18(19)13-37-25(26)32)9-17-20(27-23)7-4-8-21(17)30(35)36/h3-11H,2,12-13H2,1H3/t26-/m0/s1. The summed E-state index contributed by atoms with van der Waals surface area (Å²) in [4.78, 5) is 53.2. The van der Waals surface area contributed by atoms with E-state index in [1.807, 2.05) is 0 Å². The zero-order valence-corrected chi connectivity index (χ0v) is 19.9. The number of non-ortho nitro benzene ring substituents is 2. The van der Waals surface area contributed by atoms with Crippen molar-refractivity contribution in [3.05, 3.63) is 102 Å². The van der Waals surface area contributed by atoms with Gasteiger partial charge in [-0.05, 0) is 30.7 Å². The van der Waals surface area contributed by atoms with Gasteiger partial charge in [0, 0.05) is 23.3 Å². The van der Waals surface area contributed by atoms with Crippen molar-refractivity contribution in [1.82, 2.24) is 9.55 Å². The summed E-state index contributed by atoms with van der Waals surface area (Å²) < 4.78 is 13.0. The molecule has 0 N–H and O–H groups in total. The molecule has 0 radical (unpaired) electrons. The molecule has 0 unspecified atom stereocenters. The molecule has 0 bridgehead atoms. The summed E-state index contributed by atoms with van der Waals surface area (Å²) in [6.45, 7) is 1.58. The summed E-state index contributed by atoms with van der Waals surface area (Å²) in [5.74, 6) is -0.646. The molecule has 190 valence electrons. The fraction of sp³-hybridized carbons (Fsp3) is 0.192. The summed E-state index contributed by atoms with van der Waals surface area (Å²) in [6.07, 6.45) is 0.0780. The average molecular weight is 514 g/mol. The number of cyclic esters (lactones) is 1. The van der Waals surface area contributed by atoms with Gasteiger partial charge in [-0.2, -0.15) is 0 Å². The Morgan fingerprint density at radius 1 is 1.08 bits per heavy atom. The van der Waals surface area contributed by atoms with Gasteiger partial charge in [-0.15, -0.1) is 0 Å². The van der Waals surface area contributed by atoms with Crippen LogP contribution >= 0.6 is 0 Å². The summed E-state index contributed by atoms with van der Waals surface area (Å²) in [5, 5.41) is 23.2. The van der Waals surface area contributed by atoms with Gasteiger partial charge in [0.15, 0.2) is 0 Å². The number of hydrogen-bond acceptors (Lipinski definition) is 9. The van der Waals surface area contributed by atoms with Gasteiger partial charge in [-0.3, -0.25) is 25.0 Å². The maximum absolute atomic E-state index is 13.6. The van der Waals surface area contributed by atoms with Crippen LogP contribution in [0, 0.1) is 20.2 Å². The van der Waals surface area contributed by atoms with Gasteiger partial charge in [0.1, 0.15) is 12.4 Å². The van der Waals surface area contributed by atoms with E-state index in [-0.39, 0.29) is 42.3 Å². The second-order valence-corrected chi connectivity index (χ2v) is 9.02. The molecule has 12 heteroatoms. The largest absolute Gasteiger partial charge is 0.470 e. The third-order valence-corrected chi connectivity index (χ3v) is 7.01. The number of benzene rings is 2. The number of nitro benzene ring substituents is 2. The molecule has 2 aromatic carbocycles. The van der Waals surface area contributed by atoms with E-state index in [4.69, 9.17) is 9.47 Å². The molecule has 2 aromatic heterocycles. The van der Waals surface area contributed by atoms with Crippen molar-refractivity contribution in [2.75, 3.05) is 0 Å². The summed E-state index contributed by atoms with van der Waals surface area (Å²) in [6, 6.07) is 13.4. The highest BCUT2D eigenvalue weighted by Crippen LogP contribution is 2.42.